The second kappa shape index (κ2) is 6.48. The van der Waals surface area contributed by atoms with Crippen molar-refractivity contribution in [3.63, 3.8) is 0 Å². The van der Waals surface area contributed by atoms with E-state index >= 15 is 0 Å². The Hall–Kier alpha value is -1.94. The predicted octanol–water partition coefficient (Wildman–Crippen LogP) is 3.48. The van der Waals surface area contributed by atoms with Crippen LogP contribution in [-0.4, -0.2) is 5.91 Å². The van der Waals surface area contributed by atoms with E-state index in [0.717, 1.165) is 0 Å². The lowest BCUT2D eigenvalue weighted by Gasteiger charge is -2.08. The van der Waals surface area contributed by atoms with Crippen LogP contribution in [-0.2, 0) is 17.8 Å². The molecule has 0 heterocycles. The fourth-order valence-corrected chi connectivity index (χ4v) is 1.99. The number of rotatable bonds is 4. The molecule has 0 spiro atoms. The maximum absolute atomic E-state index is 13.5. The van der Waals surface area contributed by atoms with Gasteiger partial charge in [0, 0.05) is 22.7 Å². The van der Waals surface area contributed by atoms with Gasteiger partial charge in [0.25, 0.3) is 0 Å². The van der Waals surface area contributed by atoms with Crippen molar-refractivity contribution in [1.82, 2.24) is 5.32 Å². The van der Waals surface area contributed by atoms with Crippen LogP contribution in [0.15, 0.2) is 42.5 Å². The van der Waals surface area contributed by atoms with Gasteiger partial charge in [-0.2, -0.15) is 0 Å². The average Bonchev–Trinajstić information content (AvgIpc) is 2.42. The van der Waals surface area contributed by atoms with Gasteiger partial charge in [0.2, 0.25) is 5.91 Å². The van der Waals surface area contributed by atoms with Crippen molar-refractivity contribution in [2.75, 3.05) is 0 Å². The smallest absolute Gasteiger partial charge is 0.224 e. The lowest BCUT2D eigenvalue weighted by molar-refractivity contribution is -0.120. The fraction of sp³-hybridized carbons (Fsp3) is 0.133. The molecular weight excluding hydrogens is 284 g/mol. The van der Waals surface area contributed by atoms with Gasteiger partial charge in [0.1, 0.15) is 11.6 Å². The third-order valence-corrected chi connectivity index (χ3v) is 3.19. The van der Waals surface area contributed by atoms with E-state index in [1.165, 1.54) is 24.3 Å². The molecule has 0 radical (unpaired) electrons. The minimum absolute atomic E-state index is 0.0532. The first-order valence-electron chi connectivity index (χ1n) is 6.01. The molecule has 1 amide bonds. The molecule has 5 heteroatoms. The average molecular weight is 296 g/mol. The third-order valence-electron chi connectivity index (χ3n) is 2.83. The fourth-order valence-electron chi connectivity index (χ4n) is 1.76. The number of hydrogen-bond acceptors (Lipinski definition) is 1. The minimum Gasteiger partial charge on any atom is -0.352 e. The molecule has 0 aliphatic heterocycles. The largest absolute Gasteiger partial charge is 0.352 e. The standard InChI is InChI=1S/C15H12ClF2NO/c16-12-5-3-7-14(18)11(12)8-15(20)19-9-10-4-1-2-6-13(10)17/h1-7H,8-9H2,(H,19,20). The highest BCUT2D eigenvalue weighted by molar-refractivity contribution is 6.31. The topological polar surface area (TPSA) is 29.1 Å². The van der Waals surface area contributed by atoms with Gasteiger partial charge in [0.05, 0.1) is 6.42 Å². The van der Waals surface area contributed by atoms with Gasteiger partial charge in [-0.15, -0.1) is 0 Å². The molecule has 0 aliphatic carbocycles. The number of amides is 1. The van der Waals surface area contributed by atoms with Gasteiger partial charge in [-0.3, -0.25) is 4.79 Å². The summed E-state index contributed by atoms with van der Waals surface area (Å²) in [4.78, 5) is 11.7. The van der Waals surface area contributed by atoms with Gasteiger partial charge < -0.3 is 5.32 Å². The van der Waals surface area contributed by atoms with Crippen molar-refractivity contribution in [2.45, 2.75) is 13.0 Å². The Bertz CT molecular complexity index is 611. The van der Waals surface area contributed by atoms with Gasteiger partial charge in [-0.25, -0.2) is 8.78 Å². The second-order valence-corrected chi connectivity index (χ2v) is 4.65. The Morgan fingerprint density at radius 3 is 2.45 bits per heavy atom. The van der Waals surface area contributed by atoms with E-state index in [2.05, 4.69) is 5.32 Å². The maximum atomic E-state index is 13.5. The van der Waals surface area contributed by atoms with Crippen LogP contribution in [0.1, 0.15) is 11.1 Å². The molecule has 0 saturated heterocycles. The molecule has 0 atom stereocenters. The summed E-state index contributed by atoms with van der Waals surface area (Å²) in [6.07, 6.45) is -0.181. The number of carbonyl (C=O) groups excluding carboxylic acids is 1. The highest BCUT2D eigenvalue weighted by Crippen LogP contribution is 2.19. The van der Waals surface area contributed by atoms with Crippen LogP contribution in [0.3, 0.4) is 0 Å². The SMILES string of the molecule is O=C(Cc1c(F)cccc1Cl)NCc1ccccc1F. The quantitative estimate of drug-likeness (QED) is 0.919. The molecule has 0 aliphatic rings. The summed E-state index contributed by atoms with van der Waals surface area (Å²) in [5, 5.41) is 2.74. The summed E-state index contributed by atoms with van der Waals surface area (Å²) in [5.74, 6) is -1.34. The van der Waals surface area contributed by atoms with Crippen molar-refractivity contribution < 1.29 is 13.6 Å². The lowest BCUT2D eigenvalue weighted by Crippen LogP contribution is -2.25. The Balaban J connectivity index is 1.98. The first-order valence-corrected chi connectivity index (χ1v) is 6.38. The zero-order chi connectivity index (χ0) is 14.5. The summed E-state index contributed by atoms with van der Waals surface area (Å²) in [7, 11) is 0. The van der Waals surface area contributed by atoms with Crippen molar-refractivity contribution >= 4 is 17.5 Å². The van der Waals surface area contributed by atoms with Crippen LogP contribution in [0.5, 0.6) is 0 Å². The highest BCUT2D eigenvalue weighted by Gasteiger charge is 2.12. The van der Waals surface area contributed by atoms with E-state index < -0.39 is 17.5 Å². The zero-order valence-corrected chi connectivity index (χ0v) is 11.3. The maximum Gasteiger partial charge on any atom is 0.224 e. The third kappa shape index (κ3) is 3.54. The summed E-state index contributed by atoms with van der Waals surface area (Å²) < 4.78 is 26.9. The van der Waals surface area contributed by atoms with Gasteiger partial charge in [-0.1, -0.05) is 35.9 Å². The lowest BCUT2D eigenvalue weighted by atomic mass is 10.1. The van der Waals surface area contributed by atoms with E-state index in [9.17, 15) is 13.6 Å². The van der Waals surface area contributed by atoms with E-state index in [4.69, 9.17) is 11.6 Å². The van der Waals surface area contributed by atoms with Crippen LogP contribution in [0.25, 0.3) is 0 Å². The first kappa shape index (κ1) is 14.5. The van der Waals surface area contributed by atoms with Gasteiger partial charge in [-0.05, 0) is 18.2 Å². The summed E-state index contributed by atoms with van der Waals surface area (Å²) in [5.41, 5.74) is 0.515. The minimum atomic E-state index is -0.529. The monoisotopic (exact) mass is 295 g/mol. The molecule has 20 heavy (non-hydrogen) atoms. The predicted molar refractivity (Wildman–Crippen MR) is 73.4 cm³/mol. The molecule has 2 aromatic rings. The number of carbonyl (C=O) groups is 1. The summed E-state index contributed by atoms with van der Waals surface area (Å²) >= 11 is 5.84. The van der Waals surface area contributed by atoms with Crippen LogP contribution in [0.2, 0.25) is 5.02 Å². The number of halogens is 3. The molecule has 0 aromatic heterocycles. The second-order valence-electron chi connectivity index (χ2n) is 4.25. The first-order chi connectivity index (χ1) is 9.58. The molecule has 0 bridgehead atoms. The Morgan fingerprint density at radius 2 is 1.75 bits per heavy atom. The molecule has 0 unspecified atom stereocenters. The molecule has 104 valence electrons. The van der Waals surface area contributed by atoms with E-state index in [1.807, 2.05) is 0 Å². The molecular formula is C15H12ClF2NO. The van der Waals surface area contributed by atoms with Gasteiger partial charge >= 0.3 is 0 Å². The Kier molecular flexibility index (Phi) is 4.69. The molecule has 1 N–H and O–H groups in total. The van der Waals surface area contributed by atoms with E-state index in [1.54, 1.807) is 18.2 Å². The summed E-state index contributed by atoms with van der Waals surface area (Å²) in [6, 6.07) is 10.4. The molecule has 2 nitrogen and oxygen atoms in total. The van der Waals surface area contributed by atoms with Crippen LogP contribution >= 0.6 is 11.6 Å². The van der Waals surface area contributed by atoms with Crippen LogP contribution in [0, 0.1) is 11.6 Å². The normalized spacial score (nSPS) is 10.3. The Morgan fingerprint density at radius 1 is 1.05 bits per heavy atom. The summed E-state index contributed by atoms with van der Waals surface area (Å²) in [6.45, 7) is 0.0532. The highest BCUT2D eigenvalue weighted by atomic mass is 35.5. The van der Waals surface area contributed by atoms with E-state index in [0.29, 0.717) is 5.56 Å². The number of benzene rings is 2. The zero-order valence-electron chi connectivity index (χ0n) is 10.5. The number of nitrogens with one attached hydrogen (secondary N) is 1. The Labute approximate surface area is 120 Å². The molecule has 0 saturated carbocycles. The van der Waals surface area contributed by atoms with Crippen molar-refractivity contribution in [1.29, 1.82) is 0 Å². The van der Waals surface area contributed by atoms with Gasteiger partial charge in [0.15, 0.2) is 0 Å². The van der Waals surface area contributed by atoms with Crippen LogP contribution < -0.4 is 5.32 Å². The van der Waals surface area contributed by atoms with E-state index in [-0.39, 0.29) is 23.6 Å². The van der Waals surface area contributed by atoms with Crippen molar-refractivity contribution in [2.24, 2.45) is 0 Å². The molecule has 2 aromatic carbocycles. The molecule has 2 rings (SSSR count). The number of hydrogen-bond donors (Lipinski definition) is 1. The molecule has 0 fully saturated rings. The van der Waals surface area contributed by atoms with Crippen molar-refractivity contribution in [3.8, 4) is 0 Å². The van der Waals surface area contributed by atoms with Crippen molar-refractivity contribution in [3.05, 3.63) is 70.2 Å². The van der Waals surface area contributed by atoms with Crippen LogP contribution in [0.4, 0.5) is 8.78 Å².